The predicted molar refractivity (Wildman–Crippen MR) is 163 cm³/mol. The Balaban J connectivity index is 1.35. The zero-order valence-electron chi connectivity index (χ0n) is 20.6. The van der Waals surface area contributed by atoms with E-state index in [4.69, 9.17) is 0 Å². The van der Waals surface area contributed by atoms with E-state index in [1.54, 1.807) is 10.6 Å². The van der Waals surface area contributed by atoms with E-state index in [2.05, 4.69) is 101 Å². The van der Waals surface area contributed by atoms with Crippen LogP contribution in [0.1, 0.15) is 70.6 Å². The Labute approximate surface area is 240 Å². The van der Waals surface area contributed by atoms with E-state index in [1.807, 2.05) is 0 Å². The fraction of sp³-hybridized carbons (Fsp3) is 0.556. The van der Waals surface area contributed by atoms with E-state index in [1.165, 1.54) is 81.3 Å². The monoisotopic (exact) mass is 774 g/mol. The zero-order valence-corrected chi connectivity index (χ0v) is 29.3. The summed E-state index contributed by atoms with van der Waals surface area (Å²) >= 11 is 8.73. The van der Waals surface area contributed by atoms with Gasteiger partial charge in [0.25, 0.3) is 0 Å². The predicted octanol–water partition coefficient (Wildman–Crippen LogP) is 5.98. The Kier molecular flexibility index (Phi) is 12.7. The van der Waals surface area contributed by atoms with Crippen LogP contribution < -0.4 is 20.8 Å². The third kappa shape index (κ3) is 9.18. The van der Waals surface area contributed by atoms with Crippen molar-refractivity contribution in [3.05, 3.63) is 60.7 Å². The summed E-state index contributed by atoms with van der Waals surface area (Å²) in [6, 6.07) is 24.1. The van der Waals surface area contributed by atoms with Crippen molar-refractivity contribution in [2.24, 2.45) is 0 Å². The SMILES string of the molecule is [Se]=P(NC1CCCCC1)([Se]CCC[Se]P(=[Se])(NC1CCCCC1)c1ccccc1)c1ccccc1. The minimum absolute atomic E-state index is 0.601. The molecule has 8 heteroatoms. The van der Waals surface area contributed by atoms with Gasteiger partial charge < -0.3 is 0 Å². The molecule has 2 aliphatic carbocycles. The molecule has 0 amide bonds. The van der Waals surface area contributed by atoms with Crippen LogP contribution in [-0.4, -0.2) is 71.3 Å². The maximum atomic E-state index is 4.21. The van der Waals surface area contributed by atoms with Gasteiger partial charge in [0, 0.05) is 0 Å². The van der Waals surface area contributed by atoms with Gasteiger partial charge >= 0.3 is 243 Å². The first-order valence-electron chi connectivity index (χ1n) is 13.2. The topological polar surface area (TPSA) is 24.1 Å². The first kappa shape index (κ1) is 29.3. The summed E-state index contributed by atoms with van der Waals surface area (Å²) in [5.74, 6) is 0. The Bertz CT molecular complexity index is 898. The van der Waals surface area contributed by atoms with Gasteiger partial charge in [-0.05, 0) is 0 Å². The summed E-state index contributed by atoms with van der Waals surface area (Å²) in [5, 5.41) is 14.3. The number of rotatable bonds is 12. The summed E-state index contributed by atoms with van der Waals surface area (Å²) in [6.45, 7) is 0. The van der Waals surface area contributed by atoms with E-state index < -0.39 is 8.70 Å². The molecule has 0 aromatic heterocycles. The first-order chi connectivity index (χ1) is 17.1. The quantitative estimate of drug-likeness (QED) is 0.158. The van der Waals surface area contributed by atoms with Crippen LogP contribution in [0.3, 0.4) is 0 Å². The van der Waals surface area contributed by atoms with Crippen molar-refractivity contribution < 1.29 is 0 Å². The van der Waals surface area contributed by atoms with Gasteiger partial charge in [-0.1, -0.05) is 0 Å². The van der Waals surface area contributed by atoms with Crippen LogP contribution in [0, 0.1) is 0 Å². The molecular formula is C27H40N2P2Se4. The van der Waals surface area contributed by atoms with E-state index in [-0.39, 0.29) is 0 Å². The molecule has 2 aromatic rings. The van der Waals surface area contributed by atoms with E-state index >= 15 is 0 Å². The van der Waals surface area contributed by atoms with E-state index in [0.29, 0.717) is 41.1 Å². The molecule has 0 radical (unpaired) electrons. The second-order valence-corrected chi connectivity index (χ2v) is 39.8. The van der Waals surface area contributed by atoms with E-state index in [9.17, 15) is 0 Å². The fourth-order valence-electron chi connectivity index (χ4n) is 5.01. The van der Waals surface area contributed by atoms with Crippen LogP contribution in [0.25, 0.3) is 0 Å². The molecule has 4 rings (SSSR count). The van der Waals surface area contributed by atoms with Crippen LogP contribution in [0.5, 0.6) is 0 Å². The summed E-state index contributed by atoms with van der Waals surface area (Å²) < 4.78 is -2.76. The van der Waals surface area contributed by atoms with Gasteiger partial charge in [-0.25, -0.2) is 0 Å². The Morgan fingerprint density at radius 1 is 0.600 bits per heavy atom. The number of hydrogen-bond acceptors (Lipinski definition) is 2. The van der Waals surface area contributed by atoms with Crippen molar-refractivity contribution in [1.82, 2.24) is 10.2 Å². The second-order valence-electron chi connectivity index (χ2n) is 9.72. The third-order valence-corrected chi connectivity index (χ3v) is 34.3. The van der Waals surface area contributed by atoms with Gasteiger partial charge in [0.05, 0.1) is 0 Å². The minimum atomic E-state index is -1.38. The van der Waals surface area contributed by atoms with Crippen molar-refractivity contribution in [2.45, 2.75) is 93.4 Å². The molecule has 2 aromatic carbocycles. The Morgan fingerprint density at radius 3 is 1.34 bits per heavy atom. The number of benzene rings is 2. The van der Waals surface area contributed by atoms with Crippen molar-refractivity contribution >= 4 is 78.5 Å². The molecule has 192 valence electrons. The molecule has 0 heterocycles. The van der Waals surface area contributed by atoms with Crippen molar-refractivity contribution in [3.63, 3.8) is 0 Å². The van der Waals surface area contributed by atoms with Crippen LogP contribution in [0.15, 0.2) is 60.7 Å². The molecule has 35 heavy (non-hydrogen) atoms. The molecule has 0 bridgehead atoms. The van der Waals surface area contributed by atoms with Gasteiger partial charge in [-0.15, -0.1) is 0 Å². The van der Waals surface area contributed by atoms with Crippen molar-refractivity contribution in [2.75, 3.05) is 0 Å². The van der Waals surface area contributed by atoms with Crippen LogP contribution in [-0.2, 0) is 0 Å². The molecular weight excluding hydrogens is 730 g/mol. The first-order valence-corrected chi connectivity index (χ1v) is 28.1. The van der Waals surface area contributed by atoms with E-state index in [0.717, 1.165) is 0 Å². The van der Waals surface area contributed by atoms with Crippen molar-refractivity contribution in [3.8, 4) is 0 Å². The molecule has 2 atom stereocenters. The fourth-order valence-corrected chi connectivity index (χ4v) is 30.0. The van der Waals surface area contributed by atoms with Gasteiger partial charge in [0.1, 0.15) is 0 Å². The molecule has 0 spiro atoms. The molecule has 0 saturated heterocycles. The van der Waals surface area contributed by atoms with Crippen molar-refractivity contribution in [1.29, 1.82) is 0 Å². The third-order valence-electron chi connectivity index (χ3n) is 6.94. The molecule has 2 saturated carbocycles. The number of nitrogens with one attached hydrogen (secondary N) is 2. The average molecular weight is 770 g/mol. The summed E-state index contributed by atoms with van der Waals surface area (Å²) in [6.07, 6.45) is 15.2. The second kappa shape index (κ2) is 15.2. The standard InChI is InChI=1S/C27H40N2P2Se4/c32-30(26-18-9-3-10-19-26,28-24-14-5-1-6-15-24)34-22-13-23-35-31(33,27-20-11-4-12-21-27)29-25-16-7-2-8-17-25/h3-4,9-12,18-21,24-25H,1-2,5-8,13-17,22-23H2,(H,28,32)(H,29,33). The number of hydrogen-bond donors (Lipinski definition) is 2. The molecule has 0 aliphatic heterocycles. The maximum absolute atomic E-state index is 4.21. The van der Waals surface area contributed by atoms with Gasteiger partial charge in [0.2, 0.25) is 0 Å². The van der Waals surface area contributed by atoms with Crippen LogP contribution >= 0.6 is 8.70 Å². The van der Waals surface area contributed by atoms with Gasteiger partial charge in [-0.3, -0.25) is 0 Å². The summed E-state index contributed by atoms with van der Waals surface area (Å²) in [4.78, 5) is 0. The normalized spacial score (nSPS) is 21.3. The average Bonchev–Trinajstić information content (AvgIpc) is 2.91. The molecule has 2 N–H and O–H groups in total. The van der Waals surface area contributed by atoms with Crippen LogP contribution in [0.2, 0.25) is 10.6 Å². The Morgan fingerprint density at radius 2 is 0.971 bits per heavy atom. The molecule has 2 fully saturated rings. The zero-order chi connectivity index (χ0) is 24.4. The van der Waals surface area contributed by atoms with Crippen LogP contribution in [0.4, 0.5) is 0 Å². The molecule has 2 aliphatic rings. The summed E-state index contributed by atoms with van der Waals surface area (Å²) in [7, 11) is 0. The molecule has 2 nitrogen and oxygen atoms in total. The summed E-state index contributed by atoms with van der Waals surface area (Å²) in [5.41, 5.74) is 0. The molecule has 2 unspecified atom stereocenters. The van der Waals surface area contributed by atoms with Gasteiger partial charge in [-0.2, -0.15) is 0 Å². The van der Waals surface area contributed by atoms with Gasteiger partial charge in [0.15, 0.2) is 0 Å². The Hall–Kier alpha value is 1.30.